The van der Waals surface area contributed by atoms with Gasteiger partial charge in [-0.2, -0.15) is 0 Å². The maximum Gasteiger partial charge on any atom is 0.273 e. The molecule has 1 saturated heterocycles. The van der Waals surface area contributed by atoms with Gasteiger partial charge in [0.2, 0.25) is 5.91 Å². The third kappa shape index (κ3) is 6.36. The molecular weight excluding hydrogens is 650 g/mol. The highest BCUT2D eigenvalue weighted by Crippen LogP contribution is 2.34. The molecule has 2 aromatic carbocycles. The van der Waals surface area contributed by atoms with Crippen molar-refractivity contribution >= 4 is 50.8 Å². The van der Waals surface area contributed by atoms with Gasteiger partial charge in [-0.25, -0.2) is 9.97 Å². The number of rotatable bonds is 7. The van der Waals surface area contributed by atoms with Crippen LogP contribution in [0.1, 0.15) is 46.7 Å². The van der Waals surface area contributed by atoms with Gasteiger partial charge in [-0.3, -0.25) is 14.4 Å². The number of halogens is 1. The molecule has 46 heavy (non-hydrogen) atoms. The van der Waals surface area contributed by atoms with E-state index in [1.807, 2.05) is 45.7 Å². The minimum atomic E-state index is -0.233. The van der Waals surface area contributed by atoms with Gasteiger partial charge in [0, 0.05) is 76.9 Å². The van der Waals surface area contributed by atoms with Crippen molar-refractivity contribution < 1.29 is 19.1 Å². The number of morpholine rings is 1. The summed E-state index contributed by atoms with van der Waals surface area (Å²) in [6.07, 6.45) is 5.35. The van der Waals surface area contributed by atoms with Crippen LogP contribution in [-0.2, 0) is 16.0 Å². The minimum Gasteiger partial charge on any atom is -0.378 e. The van der Waals surface area contributed by atoms with Gasteiger partial charge in [0.15, 0.2) is 11.5 Å². The summed E-state index contributed by atoms with van der Waals surface area (Å²) in [5.74, 6) is 0.409. The van der Waals surface area contributed by atoms with Crippen LogP contribution in [0.5, 0.6) is 0 Å². The van der Waals surface area contributed by atoms with Crippen LogP contribution in [0.25, 0.3) is 16.8 Å². The minimum absolute atomic E-state index is 0.0583. The molecule has 240 valence electrons. The predicted octanol–water partition coefficient (Wildman–Crippen LogP) is 4.53. The van der Waals surface area contributed by atoms with E-state index in [4.69, 9.17) is 4.74 Å². The van der Waals surface area contributed by atoms with Crippen molar-refractivity contribution in [3.05, 3.63) is 76.3 Å². The van der Waals surface area contributed by atoms with Crippen LogP contribution in [0.2, 0.25) is 0 Å². The highest BCUT2D eigenvalue weighted by Gasteiger charge is 2.26. The van der Waals surface area contributed by atoms with Crippen LogP contribution in [0.15, 0.2) is 59.5 Å². The second-order valence-electron chi connectivity index (χ2n) is 12.0. The zero-order valence-corrected chi connectivity index (χ0v) is 28.2. The summed E-state index contributed by atoms with van der Waals surface area (Å²) in [4.78, 5) is 55.3. The van der Waals surface area contributed by atoms with Crippen LogP contribution in [0, 0.1) is 0 Å². The van der Waals surface area contributed by atoms with Gasteiger partial charge in [-0.15, -0.1) is 0 Å². The number of hydrogen-bond donors (Lipinski definition) is 0. The second kappa shape index (κ2) is 13.2. The molecule has 2 aromatic heterocycles. The first-order valence-corrected chi connectivity index (χ1v) is 16.3. The Balaban J connectivity index is 1.08. The molecule has 2 aliphatic rings. The van der Waals surface area contributed by atoms with Crippen LogP contribution in [0.4, 0.5) is 11.5 Å². The molecule has 6 rings (SSSR count). The normalized spacial score (nSPS) is 16.3. The van der Waals surface area contributed by atoms with E-state index in [-0.39, 0.29) is 23.8 Å². The number of amides is 3. The smallest absolute Gasteiger partial charge is 0.273 e. The molecule has 0 N–H and O–H groups in total. The number of aryl methyl sites for hydroxylation is 1. The molecule has 0 spiro atoms. The van der Waals surface area contributed by atoms with Crippen LogP contribution in [-0.4, -0.2) is 101 Å². The molecule has 0 bridgehead atoms. The lowest BCUT2D eigenvalue weighted by Crippen LogP contribution is -2.40. The van der Waals surface area contributed by atoms with Gasteiger partial charge < -0.3 is 28.7 Å². The third-order valence-corrected chi connectivity index (χ3v) is 9.18. The number of nitrogens with zero attached hydrogens (tertiary/aromatic N) is 7. The fourth-order valence-corrected chi connectivity index (χ4v) is 6.57. The summed E-state index contributed by atoms with van der Waals surface area (Å²) in [6, 6.07) is 14.0. The molecule has 3 amide bonds. The number of benzene rings is 2. The Morgan fingerprint density at radius 1 is 0.935 bits per heavy atom. The summed E-state index contributed by atoms with van der Waals surface area (Å²) < 4.78 is 7.94. The van der Waals surface area contributed by atoms with E-state index >= 15 is 0 Å². The van der Waals surface area contributed by atoms with E-state index in [1.54, 1.807) is 43.2 Å². The first-order valence-electron chi connectivity index (χ1n) is 15.5. The fourth-order valence-electron chi connectivity index (χ4n) is 6.18. The topological polar surface area (TPSA) is 104 Å². The van der Waals surface area contributed by atoms with Crippen LogP contribution < -0.4 is 9.80 Å². The van der Waals surface area contributed by atoms with E-state index in [2.05, 4.69) is 43.8 Å². The average Bonchev–Trinajstić information content (AvgIpc) is 3.50. The van der Waals surface area contributed by atoms with E-state index < -0.39 is 0 Å². The Morgan fingerprint density at radius 3 is 2.30 bits per heavy atom. The molecule has 0 saturated carbocycles. The molecule has 4 heterocycles. The number of hydrogen-bond acceptors (Lipinski definition) is 7. The molecule has 0 aliphatic carbocycles. The van der Waals surface area contributed by atoms with Crippen molar-refractivity contribution in [1.82, 2.24) is 24.2 Å². The lowest BCUT2D eigenvalue weighted by atomic mass is 9.93. The van der Waals surface area contributed by atoms with Crippen LogP contribution >= 0.6 is 15.9 Å². The fraction of sp³-hybridized carbons (Fsp3) is 0.382. The SMILES string of the molecule is CC(=O)N1c2ccc(-c3ccc(C(=O)N(C)CCN(C)C(=O)c4cn5cc(Br)nc(N6CCOCC6)c5n4)cc3)cc2CC[C@@H]1C. The van der Waals surface area contributed by atoms with Crippen molar-refractivity contribution in [2.24, 2.45) is 0 Å². The first-order chi connectivity index (χ1) is 22.1. The number of anilines is 2. The summed E-state index contributed by atoms with van der Waals surface area (Å²) in [6.45, 7) is 7.03. The summed E-state index contributed by atoms with van der Waals surface area (Å²) in [5.41, 5.74) is 5.70. The number of likely N-dealkylation sites (N-methyl/N-ethyl adjacent to an activating group) is 2. The second-order valence-corrected chi connectivity index (χ2v) is 12.8. The average molecular weight is 689 g/mol. The van der Waals surface area contributed by atoms with Gasteiger partial charge in [-0.1, -0.05) is 18.2 Å². The van der Waals surface area contributed by atoms with Gasteiger partial charge in [0.05, 0.1) is 13.2 Å². The largest absolute Gasteiger partial charge is 0.378 e. The molecule has 2 aliphatic heterocycles. The highest BCUT2D eigenvalue weighted by atomic mass is 79.9. The molecule has 0 unspecified atom stereocenters. The number of aromatic nitrogens is 3. The van der Waals surface area contributed by atoms with E-state index in [1.165, 1.54) is 0 Å². The van der Waals surface area contributed by atoms with Crippen molar-refractivity contribution in [1.29, 1.82) is 0 Å². The Bertz CT molecular complexity index is 1780. The number of imidazole rings is 1. The van der Waals surface area contributed by atoms with Crippen molar-refractivity contribution in [2.45, 2.75) is 32.7 Å². The van der Waals surface area contributed by atoms with Crippen molar-refractivity contribution in [3.8, 4) is 11.1 Å². The molecule has 11 nitrogen and oxygen atoms in total. The van der Waals surface area contributed by atoms with Gasteiger partial charge in [0.1, 0.15) is 10.3 Å². The summed E-state index contributed by atoms with van der Waals surface area (Å²) in [7, 11) is 3.45. The lowest BCUT2D eigenvalue weighted by molar-refractivity contribution is -0.117. The zero-order valence-electron chi connectivity index (χ0n) is 26.6. The Hall–Kier alpha value is -4.29. The number of carbonyl (C=O) groups is 3. The van der Waals surface area contributed by atoms with Crippen LogP contribution in [0.3, 0.4) is 0 Å². The molecular formula is C34H38BrN7O4. The van der Waals surface area contributed by atoms with E-state index in [9.17, 15) is 14.4 Å². The van der Waals surface area contributed by atoms with Gasteiger partial charge in [0.25, 0.3) is 11.8 Å². The quantitative estimate of drug-likeness (QED) is 0.281. The third-order valence-electron chi connectivity index (χ3n) is 8.80. The Kier molecular flexibility index (Phi) is 9.10. The van der Waals surface area contributed by atoms with Crippen molar-refractivity contribution in [2.75, 3.05) is 63.3 Å². The number of fused-ring (bicyclic) bond motifs is 2. The monoisotopic (exact) mass is 687 g/mol. The number of ether oxygens (including phenoxy) is 1. The standard InChI is InChI=1S/C34H38BrN7O4/c1-22-5-6-27-19-26(11-12-29(27)42(22)23(2)43)24-7-9-25(10-8-24)33(44)38(3)13-14-39(4)34(45)28-20-41-21-30(35)37-32(31(41)36-28)40-15-17-46-18-16-40/h7-12,19-22H,5-6,13-18H2,1-4H3/t22-/m0/s1. The highest BCUT2D eigenvalue weighted by molar-refractivity contribution is 9.10. The van der Waals surface area contributed by atoms with Gasteiger partial charge in [-0.05, 0) is 76.7 Å². The molecule has 12 heteroatoms. The molecule has 0 radical (unpaired) electrons. The summed E-state index contributed by atoms with van der Waals surface area (Å²) in [5, 5.41) is 0. The number of carbonyl (C=O) groups excluding carboxylic acids is 3. The molecule has 4 aromatic rings. The van der Waals surface area contributed by atoms with Crippen molar-refractivity contribution in [3.63, 3.8) is 0 Å². The first kappa shape index (κ1) is 31.7. The zero-order chi connectivity index (χ0) is 32.5. The van der Waals surface area contributed by atoms with Gasteiger partial charge >= 0.3 is 0 Å². The summed E-state index contributed by atoms with van der Waals surface area (Å²) >= 11 is 3.47. The molecule has 1 atom stereocenters. The Morgan fingerprint density at radius 2 is 1.61 bits per heavy atom. The molecule has 1 fully saturated rings. The Labute approximate surface area is 276 Å². The predicted molar refractivity (Wildman–Crippen MR) is 180 cm³/mol. The maximum absolute atomic E-state index is 13.3. The lowest BCUT2D eigenvalue weighted by Gasteiger charge is -2.34. The van der Waals surface area contributed by atoms with E-state index in [0.717, 1.165) is 35.2 Å². The van der Waals surface area contributed by atoms with E-state index in [0.29, 0.717) is 66.7 Å². The maximum atomic E-state index is 13.3.